The smallest absolute Gasteiger partial charge is 0.199 e. The number of hydrogen-bond donors (Lipinski definition) is 0. The van der Waals surface area contributed by atoms with E-state index < -0.39 is 0 Å². The summed E-state index contributed by atoms with van der Waals surface area (Å²) in [4.78, 5) is 14.4. The van der Waals surface area contributed by atoms with Crippen LogP contribution in [0, 0.1) is 0 Å². The average Bonchev–Trinajstić information content (AvgIpc) is 3.16. The molecule has 0 N–H and O–H groups in total. The summed E-state index contributed by atoms with van der Waals surface area (Å²) in [5.41, 5.74) is 4.66. The molecule has 2 aromatic heterocycles. The second-order valence-electron chi connectivity index (χ2n) is 6.97. The maximum atomic E-state index is 6.10. The Hall–Kier alpha value is -3.64. The molecule has 146 valence electrons. The van der Waals surface area contributed by atoms with Crippen LogP contribution in [0.25, 0.3) is 39.4 Å². The van der Waals surface area contributed by atoms with Gasteiger partial charge in [-0.05, 0) is 48.5 Å². The molecule has 0 saturated carbocycles. The van der Waals surface area contributed by atoms with Crippen molar-refractivity contribution in [1.29, 1.82) is 0 Å². The van der Waals surface area contributed by atoms with E-state index in [2.05, 4.69) is 0 Å². The van der Waals surface area contributed by atoms with Crippen LogP contribution in [-0.2, 0) is 0 Å². The van der Waals surface area contributed by atoms with Crippen LogP contribution in [0.1, 0.15) is 0 Å². The Labute approximate surface area is 176 Å². The van der Waals surface area contributed by atoms with Crippen LogP contribution in [0.5, 0.6) is 11.5 Å². The van der Waals surface area contributed by atoms with E-state index in [1.54, 1.807) is 0 Å². The molecule has 0 bridgehead atoms. The van der Waals surface area contributed by atoms with Crippen LogP contribution >= 0.6 is 11.6 Å². The summed E-state index contributed by atoms with van der Waals surface area (Å²) in [7, 11) is 0. The normalized spacial score (nSPS) is 13.1. The first-order valence-corrected chi connectivity index (χ1v) is 9.95. The van der Waals surface area contributed by atoms with Gasteiger partial charge in [0.2, 0.25) is 0 Å². The van der Waals surface area contributed by atoms with Crippen molar-refractivity contribution in [2.45, 2.75) is 0 Å². The standard InChI is InChI=1S/C23H15ClN4O2/c24-15-7-5-14(6-8-15)22-27-21-23(26-18-4-2-1-3-17(18)25-21)28(22)16-9-10-19-20(13-16)30-12-11-29-19/h1-10,13H,11-12H2. The molecular formula is C23H15ClN4O2. The van der Waals surface area contributed by atoms with Crippen molar-refractivity contribution >= 4 is 33.9 Å². The fraction of sp³-hybridized carbons (Fsp3) is 0.0870. The highest BCUT2D eigenvalue weighted by molar-refractivity contribution is 6.30. The van der Waals surface area contributed by atoms with Gasteiger partial charge < -0.3 is 9.47 Å². The average molecular weight is 415 g/mol. The summed E-state index contributed by atoms with van der Waals surface area (Å²) in [6.45, 7) is 1.07. The maximum absolute atomic E-state index is 6.10. The van der Waals surface area contributed by atoms with Crippen molar-refractivity contribution in [3.8, 4) is 28.6 Å². The van der Waals surface area contributed by atoms with E-state index in [0.717, 1.165) is 33.9 Å². The van der Waals surface area contributed by atoms with E-state index in [0.29, 0.717) is 35.3 Å². The molecule has 3 aromatic carbocycles. The van der Waals surface area contributed by atoms with Crippen molar-refractivity contribution in [3.05, 3.63) is 71.8 Å². The number of aromatic nitrogens is 4. The van der Waals surface area contributed by atoms with Crippen molar-refractivity contribution < 1.29 is 9.47 Å². The summed E-state index contributed by atoms with van der Waals surface area (Å²) in [6, 6.07) is 21.2. The second kappa shape index (κ2) is 6.71. The van der Waals surface area contributed by atoms with Crippen LogP contribution in [0.4, 0.5) is 0 Å². The van der Waals surface area contributed by atoms with Crippen LogP contribution in [0.2, 0.25) is 5.02 Å². The first-order chi connectivity index (χ1) is 14.8. The third kappa shape index (κ3) is 2.76. The van der Waals surface area contributed by atoms with Gasteiger partial charge in [-0.2, -0.15) is 0 Å². The summed E-state index contributed by atoms with van der Waals surface area (Å²) in [5, 5.41) is 0.669. The Kier molecular flexibility index (Phi) is 3.86. The van der Waals surface area contributed by atoms with Gasteiger partial charge in [0.05, 0.1) is 16.7 Å². The SMILES string of the molecule is Clc1ccc(-c2nc3nc4ccccc4nc3n2-c2ccc3c(c2)OCCO3)cc1. The molecule has 0 amide bonds. The lowest BCUT2D eigenvalue weighted by Crippen LogP contribution is -2.15. The fourth-order valence-electron chi connectivity index (χ4n) is 3.67. The molecular weight excluding hydrogens is 400 g/mol. The molecule has 0 saturated heterocycles. The minimum absolute atomic E-state index is 0.523. The summed E-state index contributed by atoms with van der Waals surface area (Å²) < 4.78 is 13.5. The number of para-hydroxylation sites is 2. The minimum atomic E-state index is 0.523. The number of rotatable bonds is 2. The molecule has 0 unspecified atom stereocenters. The van der Waals surface area contributed by atoms with Gasteiger partial charge >= 0.3 is 0 Å². The largest absolute Gasteiger partial charge is 0.486 e. The van der Waals surface area contributed by atoms with E-state index in [1.807, 2.05) is 71.3 Å². The lowest BCUT2D eigenvalue weighted by Gasteiger charge is -2.19. The Morgan fingerprint density at radius 2 is 1.50 bits per heavy atom. The molecule has 3 heterocycles. The van der Waals surface area contributed by atoms with Crippen LogP contribution in [-0.4, -0.2) is 32.7 Å². The highest BCUT2D eigenvalue weighted by Gasteiger charge is 2.20. The van der Waals surface area contributed by atoms with Gasteiger partial charge in [-0.3, -0.25) is 4.57 Å². The van der Waals surface area contributed by atoms with Crippen molar-refractivity contribution in [3.63, 3.8) is 0 Å². The lowest BCUT2D eigenvalue weighted by molar-refractivity contribution is 0.171. The zero-order chi connectivity index (χ0) is 20.1. The molecule has 5 aromatic rings. The Balaban J connectivity index is 1.66. The fourth-order valence-corrected chi connectivity index (χ4v) is 3.79. The van der Waals surface area contributed by atoms with Gasteiger partial charge in [0.15, 0.2) is 22.8 Å². The van der Waals surface area contributed by atoms with Gasteiger partial charge in [-0.25, -0.2) is 15.0 Å². The van der Waals surface area contributed by atoms with E-state index in [-0.39, 0.29) is 0 Å². The zero-order valence-electron chi connectivity index (χ0n) is 15.7. The van der Waals surface area contributed by atoms with Gasteiger partial charge in [-0.15, -0.1) is 0 Å². The number of nitrogens with zero attached hydrogens (tertiary/aromatic N) is 4. The van der Waals surface area contributed by atoms with Gasteiger partial charge in [0, 0.05) is 16.7 Å². The van der Waals surface area contributed by atoms with Gasteiger partial charge in [0.1, 0.15) is 19.0 Å². The summed E-state index contributed by atoms with van der Waals surface area (Å²) in [5.74, 6) is 2.17. The third-order valence-electron chi connectivity index (χ3n) is 5.06. The topological polar surface area (TPSA) is 62.1 Å². The van der Waals surface area contributed by atoms with Crippen LogP contribution in [0.3, 0.4) is 0 Å². The molecule has 0 aliphatic carbocycles. The number of hydrogen-bond acceptors (Lipinski definition) is 5. The molecule has 6 rings (SSSR count). The van der Waals surface area contributed by atoms with Gasteiger partial charge in [-0.1, -0.05) is 23.7 Å². The van der Waals surface area contributed by atoms with Crippen LogP contribution in [0.15, 0.2) is 66.7 Å². The van der Waals surface area contributed by atoms with E-state index in [1.165, 1.54) is 0 Å². The highest BCUT2D eigenvalue weighted by Crippen LogP contribution is 2.35. The van der Waals surface area contributed by atoms with E-state index in [4.69, 9.17) is 36.0 Å². The molecule has 6 nitrogen and oxygen atoms in total. The van der Waals surface area contributed by atoms with Crippen molar-refractivity contribution in [2.24, 2.45) is 0 Å². The highest BCUT2D eigenvalue weighted by atomic mass is 35.5. The number of benzene rings is 3. The molecule has 0 radical (unpaired) electrons. The maximum Gasteiger partial charge on any atom is 0.199 e. The minimum Gasteiger partial charge on any atom is -0.486 e. The molecule has 0 spiro atoms. The first-order valence-electron chi connectivity index (χ1n) is 9.57. The quantitative estimate of drug-likeness (QED) is 0.404. The molecule has 0 fully saturated rings. The first kappa shape index (κ1) is 17.2. The molecule has 0 atom stereocenters. The number of halogens is 1. The number of ether oxygens (including phenoxy) is 2. The Morgan fingerprint density at radius 1 is 0.767 bits per heavy atom. The zero-order valence-corrected chi connectivity index (χ0v) is 16.5. The van der Waals surface area contributed by atoms with Crippen molar-refractivity contribution in [2.75, 3.05) is 13.2 Å². The monoisotopic (exact) mass is 414 g/mol. The Bertz CT molecular complexity index is 1410. The summed E-state index contributed by atoms with van der Waals surface area (Å²) >= 11 is 6.10. The predicted molar refractivity (Wildman–Crippen MR) is 116 cm³/mol. The van der Waals surface area contributed by atoms with Crippen LogP contribution < -0.4 is 9.47 Å². The molecule has 1 aliphatic heterocycles. The molecule has 1 aliphatic rings. The predicted octanol–water partition coefficient (Wildman–Crippen LogP) is 5.06. The molecule has 7 heteroatoms. The summed E-state index contributed by atoms with van der Waals surface area (Å²) in [6.07, 6.45) is 0. The number of imidazole rings is 1. The lowest BCUT2D eigenvalue weighted by atomic mass is 10.2. The van der Waals surface area contributed by atoms with Crippen molar-refractivity contribution in [1.82, 2.24) is 19.5 Å². The second-order valence-corrected chi connectivity index (χ2v) is 7.40. The Morgan fingerprint density at radius 3 is 2.30 bits per heavy atom. The van der Waals surface area contributed by atoms with E-state index >= 15 is 0 Å². The number of fused-ring (bicyclic) bond motifs is 3. The third-order valence-corrected chi connectivity index (χ3v) is 5.31. The molecule has 30 heavy (non-hydrogen) atoms. The van der Waals surface area contributed by atoms with E-state index in [9.17, 15) is 0 Å². The van der Waals surface area contributed by atoms with Gasteiger partial charge in [0.25, 0.3) is 0 Å².